The Morgan fingerprint density at radius 1 is 1.25 bits per heavy atom. The number of esters is 1. The van der Waals surface area contributed by atoms with Crippen molar-refractivity contribution in [3.63, 3.8) is 0 Å². The van der Waals surface area contributed by atoms with Crippen LogP contribution in [0.25, 0.3) is 22.3 Å². The van der Waals surface area contributed by atoms with Crippen LogP contribution in [-0.2, 0) is 26.1 Å². The van der Waals surface area contributed by atoms with Crippen molar-refractivity contribution in [1.82, 2.24) is 28.6 Å². The largest absolute Gasteiger partial charge is 0.469 e. The van der Waals surface area contributed by atoms with Gasteiger partial charge in [-0.1, -0.05) is 0 Å². The lowest BCUT2D eigenvalue weighted by Gasteiger charge is -2.30. The zero-order chi connectivity index (χ0) is 23.1. The molecular formula is C21H28N6O4S. The van der Waals surface area contributed by atoms with E-state index in [0.717, 1.165) is 22.3 Å². The summed E-state index contributed by atoms with van der Waals surface area (Å²) in [5, 5.41) is 5.41. The lowest BCUT2D eigenvalue weighted by molar-refractivity contribution is -0.151. The van der Waals surface area contributed by atoms with Crippen molar-refractivity contribution >= 4 is 27.0 Å². The van der Waals surface area contributed by atoms with E-state index in [1.54, 1.807) is 6.20 Å². The molecule has 0 aromatic carbocycles. The number of carbonyl (C=O) groups excluding carboxylic acids is 1. The van der Waals surface area contributed by atoms with E-state index in [-0.39, 0.29) is 12.0 Å². The van der Waals surface area contributed by atoms with Crippen molar-refractivity contribution in [2.45, 2.75) is 39.3 Å². The Bertz CT molecular complexity index is 1240. The van der Waals surface area contributed by atoms with Gasteiger partial charge < -0.3 is 9.30 Å². The number of rotatable bonds is 6. The standard InChI is InChI=1S/C21H28N6O4S/c1-21(2,20(28)31-3)13-25-8-7-17-18(22-14-23-19(17)25)15-11-24-27(12-15)16-5-9-26(10-6-16)32(4,29)30/h7-8,11-12,14,16H,5-6,9-10,13H2,1-4H3. The first-order valence-electron chi connectivity index (χ1n) is 10.5. The van der Waals surface area contributed by atoms with Gasteiger partial charge in [0.15, 0.2) is 0 Å². The molecule has 0 aliphatic carbocycles. The topological polar surface area (TPSA) is 112 Å². The fraction of sp³-hybridized carbons (Fsp3) is 0.524. The Hall–Kier alpha value is -2.79. The number of fused-ring (bicyclic) bond motifs is 1. The van der Waals surface area contributed by atoms with Gasteiger partial charge in [0.1, 0.15) is 12.0 Å². The van der Waals surface area contributed by atoms with Gasteiger partial charge in [0.2, 0.25) is 10.0 Å². The zero-order valence-corrected chi connectivity index (χ0v) is 19.5. The van der Waals surface area contributed by atoms with E-state index in [1.165, 1.54) is 24.0 Å². The fourth-order valence-corrected chi connectivity index (χ4v) is 5.10. The SMILES string of the molecule is COC(=O)C(C)(C)Cn1ccc2c(-c3cnn(C4CCN(S(C)(=O)=O)CC4)c3)ncnc21. The summed E-state index contributed by atoms with van der Waals surface area (Å²) < 4.78 is 33.8. The van der Waals surface area contributed by atoms with Crippen LogP contribution in [0.5, 0.6) is 0 Å². The van der Waals surface area contributed by atoms with Gasteiger partial charge in [-0.05, 0) is 32.8 Å². The Balaban J connectivity index is 1.57. The number of ether oxygens (including phenoxy) is 1. The van der Waals surface area contributed by atoms with E-state index in [4.69, 9.17) is 4.74 Å². The van der Waals surface area contributed by atoms with Crippen LogP contribution >= 0.6 is 0 Å². The molecule has 4 rings (SSSR count). The molecular weight excluding hydrogens is 432 g/mol. The van der Waals surface area contributed by atoms with Crippen LogP contribution in [0, 0.1) is 5.41 Å². The van der Waals surface area contributed by atoms with Gasteiger partial charge in [0.25, 0.3) is 0 Å². The number of piperidine rings is 1. The van der Waals surface area contributed by atoms with Crippen LogP contribution < -0.4 is 0 Å². The monoisotopic (exact) mass is 460 g/mol. The van der Waals surface area contributed by atoms with E-state index >= 15 is 0 Å². The minimum absolute atomic E-state index is 0.143. The summed E-state index contributed by atoms with van der Waals surface area (Å²) in [4.78, 5) is 21.0. The zero-order valence-electron chi connectivity index (χ0n) is 18.7. The van der Waals surface area contributed by atoms with Gasteiger partial charge in [-0.15, -0.1) is 0 Å². The minimum Gasteiger partial charge on any atom is -0.469 e. The minimum atomic E-state index is -3.16. The molecule has 0 atom stereocenters. The molecule has 0 unspecified atom stereocenters. The van der Waals surface area contributed by atoms with E-state index in [2.05, 4.69) is 15.1 Å². The lowest BCUT2D eigenvalue weighted by atomic mass is 9.94. The average Bonchev–Trinajstić information content (AvgIpc) is 3.40. The number of aromatic nitrogens is 5. The summed E-state index contributed by atoms with van der Waals surface area (Å²) in [6.45, 7) is 5.10. The lowest BCUT2D eigenvalue weighted by Crippen LogP contribution is -2.38. The predicted octanol–water partition coefficient (Wildman–Crippen LogP) is 2.09. The highest BCUT2D eigenvalue weighted by Gasteiger charge is 2.30. The summed E-state index contributed by atoms with van der Waals surface area (Å²) in [5.74, 6) is -0.281. The highest BCUT2D eigenvalue weighted by atomic mass is 32.2. The normalized spacial score (nSPS) is 16.5. The van der Waals surface area contributed by atoms with Crippen molar-refractivity contribution in [1.29, 1.82) is 0 Å². The Morgan fingerprint density at radius 3 is 2.62 bits per heavy atom. The maximum Gasteiger partial charge on any atom is 0.313 e. The van der Waals surface area contributed by atoms with Gasteiger partial charge in [0.05, 0.1) is 36.7 Å². The first-order valence-corrected chi connectivity index (χ1v) is 12.3. The Kier molecular flexibility index (Phi) is 5.80. The van der Waals surface area contributed by atoms with Gasteiger partial charge in [-0.3, -0.25) is 9.48 Å². The summed E-state index contributed by atoms with van der Waals surface area (Å²) >= 11 is 0. The molecule has 3 aromatic rings. The van der Waals surface area contributed by atoms with Gasteiger partial charge >= 0.3 is 5.97 Å². The molecule has 4 heterocycles. The van der Waals surface area contributed by atoms with Gasteiger partial charge in [-0.25, -0.2) is 22.7 Å². The van der Waals surface area contributed by atoms with Crippen LogP contribution in [0.1, 0.15) is 32.7 Å². The molecule has 10 nitrogen and oxygen atoms in total. The average molecular weight is 461 g/mol. The fourth-order valence-electron chi connectivity index (χ4n) is 4.23. The first kappa shape index (κ1) is 22.4. The molecule has 1 aliphatic heterocycles. The van der Waals surface area contributed by atoms with Crippen LogP contribution in [0.2, 0.25) is 0 Å². The molecule has 0 amide bonds. The number of carbonyl (C=O) groups is 1. The number of methoxy groups -OCH3 is 1. The highest BCUT2D eigenvalue weighted by Crippen LogP contribution is 2.30. The number of sulfonamides is 1. The second-order valence-corrected chi connectivity index (χ2v) is 10.9. The Labute approximate surface area is 187 Å². The molecule has 0 radical (unpaired) electrons. The van der Waals surface area contributed by atoms with Gasteiger partial charge in [-0.2, -0.15) is 5.10 Å². The third-order valence-electron chi connectivity index (χ3n) is 6.00. The molecule has 32 heavy (non-hydrogen) atoms. The summed E-state index contributed by atoms with van der Waals surface area (Å²) in [6.07, 6.45) is 9.83. The third-order valence-corrected chi connectivity index (χ3v) is 7.30. The summed E-state index contributed by atoms with van der Waals surface area (Å²) in [6, 6.07) is 2.09. The summed E-state index contributed by atoms with van der Waals surface area (Å²) in [7, 11) is -1.77. The van der Waals surface area contributed by atoms with Gasteiger partial charge in [0, 0.05) is 43.0 Å². The van der Waals surface area contributed by atoms with E-state index < -0.39 is 15.4 Å². The highest BCUT2D eigenvalue weighted by molar-refractivity contribution is 7.88. The molecule has 0 bridgehead atoms. The molecule has 0 saturated carbocycles. The molecule has 1 saturated heterocycles. The van der Waals surface area contributed by atoms with E-state index in [0.29, 0.717) is 32.5 Å². The van der Waals surface area contributed by atoms with E-state index in [9.17, 15) is 13.2 Å². The van der Waals surface area contributed by atoms with E-state index in [1.807, 2.05) is 41.6 Å². The maximum atomic E-state index is 12.1. The predicted molar refractivity (Wildman–Crippen MR) is 119 cm³/mol. The van der Waals surface area contributed by atoms with Crippen molar-refractivity contribution in [2.75, 3.05) is 26.5 Å². The molecule has 11 heteroatoms. The third kappa shape index (κ3) is 4.26. The number of hydrogen-bond donors (Lipinski definition) is 0. The van der Waals surface area contributed by atoms with Crippen molar-refractivity contribution in [3.05, 3.63) is 31.0 Å². The van der Waals surface area contributed by atoms with Crippen molar-refractivity contribution < 1.29 is 17.9 Å². The molecule has 172 valence electrons. The first-order chi connectivity index (χ1) is 15.1. The molecule has 3 aromatic heterocycles. The number of nitrogens with zero attached hydrogens (tertiary/aromatic N) is 6. The van der Waals surface area contributed by atoms with Crippen LogP contribution in [0.3, 0.4) is 0 Å². The van der Waals surface area contributed by atoms with Crippen LogP contribution in [0.4, 0.5) is 0 Å². The molecule has 1 aliphatic rings. The second-order valence-electron chi connectivity index (χ2n) is 8.88. The second kappa shape index (κ2) is 8.28. The van der Waals surface area contributed by atoms with Crippen LogP contribution in [-0.4, -0.2) is 69.5 Å². The summed E-state index contributed by atoms with van der Waals surface area (Å²) in [5.41, 5.74) is 1.68. The van der Waals surface area contributed by atoms with Crippen molar-refractivity contribution in [3.8, 4) is 11.3 Å². The smallest absolute Gasteiger partial charge is 0.313 e. The Morgan fingerprint density at radius 2 is 1.97 bits per heavy atom. The van der Waals surface area contributed by atoms with Crippen LogP contribution in [0.15, 0.2) is 31.0 Å². The van der Waals surface area contributed by atoms with Crippen molar-refractivity contribution in [2.24, 2.45) is 5.41 Å². The molecule has 0 spiro atoms. The number of hydrogen-bond acceptors (Lipinski definition) is 7. The maximum absolute atomic E-state index is 12.1. The molecule has 1 fully saturated rings. The molecule has 0 N–H and O–H groups in total. The quantitative estimate of drug-likeness (QED) is 0.518.